The van der Waals surface area contributed by atoms with E-state index in [1.165, 1.54) is 25.7 Å². The molecular weight excluding hydrogens is 312 g/mol. The van der Waals surface area contributed by atoms with E-state index in [1.54, 1.807) is 30.3 Å². The smallest absolute Gasteiger partial charge is 0.335 e. The molecule has 0 heterocycles. The van der Waals surface area contributed by atoms with E-state index in [-0.39, 0.29) is 6.10 Å². The number of rotatable bonds is 1. The molecule has 0 saturated heterocycles. The summed E-state index contributed by atoms with van der Waals surface area (Å²) in [6.45, 7) is 9.38. The summed E-state index contributed by atoms with van der Waals surface area (Å²) < 4.78 is 0. The number of carbonyl (C=O) groups is 1. The van der Waals surface area contributed by atoms with Crippen LogP contribution in [-0.2, 0) is 0 Å². The summed E-state index contributed by atoms with van der Waals surface area (Å²) in [6, 6.07) is 8.30. The minimum atomic E-state index is -0.879. The Hall–Kier alpha value is -1.35. The molecule has 1 aromatic carbocycles. The van der Waals surface area contributed by atoms with Gasteiger partial charge in [0.2, 0.25) is 0 Å². The summed E-state index contributed by atoms with van der Waals surface area (Å²) in [4.78, 5) is 10.2. The molecule has 3 heteroatoms. The van der Waals surface area contributed by atoms with E-state index in [0.29, 0.717) is 22.8 Å². The van der Waals surface area contributed by atoms with E-state index in [1.807, 2.05) is 0 Å². The largest absolute Gasteiger partial charge is 0.478 e. The highest BCUT2D eigenvalue weighted by Crippen LogP contribution is 2.57. The minimum Gasteiger partial charge on any atom is -0.478 e. The number of fused-ring (bicyclic) bond motifs is 1. The summed E-state index contributed by atoms with van der Waals surface area (Å²) in [5.74, 6) is 1.99. The molecular formula is C22H34O3. The maximum Gasteiger partial charge on any atom is 0.335 e. The van der Waals surface area contributed by atoms with Crippen LogP contribution in [0, 0.1) is 29.1 Å². The topological polar surface area (TPSA) is 57.5 Å². The van der Waals surface area contributed by atoms with Crippen LogP contribution in [0.25, 0.3) is 0 Å². The summed E-state index contributed by atoms with van der Waals surface area (Å²) in [5.41, 5.74) is 0.708. The molecule has 3 rings (SSSR count). The fourth-order valence-corrected chi connectivity index (χ4v) is 4.91. The van der Waals surface area contributed by atoms with Gasteiger partial charge in [-0.15, -0.1) is 0 Å². The van der Waals surface area contributed by atoms with E-state index in [4.69, 9.17) is 5.11 Å². The van der Waals surface area contributed by atoms with Crippen LogP contribution >= 0.6 is 0 Å². The van der Waals surface area contributed by atoms with Crippen molar-refractivity contribution in [3.63, 3.8) is 0 Å². The van der Waals surface area contributed by atoms with E-state index >= 15 is 0 Å². The van der Waals surface area contributed by atoms with Crippen LogP contribution in [0.15, 0.2) is 30.3 Å². The van der Waals surface area contributed by atoms with Crippen molar-refractivity contribution in [2.24, 2.45) is 29.1 Å². The lowest BCUT2D eigenvalue weighted by Gasteiger charge is -2.56. The molecule has 0 bridgehead atoms. The van der Waals surface area contributed by atoms with Crippen LogP contribution in [0.4, 0.5) is 0 Å². The van der Waals surface area contributed by atoms with Crippen LogP contribution < -0.4 is 0 Å². The molecule has 2 fully saturated rings. The van der Waals surface area contributed by atoms with Crippen LogP contribution in [0.3, 0.4) is 0 Å². The molecule has 2 saturated carbocycles. The Morgan fingerprint density at radius 2 is 1.76 bits per heavy atom. The Bertz CT molecular complexity index is 552. The quantitative estimate of drug-likeness (QED) is 0.731. The highest BCUT2D eigenvalue weighted by molar-refractivity contribution is 5.87. The molecule has 0 spiro atoms. The Kier molecular flexibility index (Phi) is 6.67. The zero-order valence-electron chi connectivity index (χ0n) is 16.1. The fourth-order valence-electron chi connectivity index (χ4n) is 4.91. The number of benzene rings is 1. The van der Waals surface area contributed by atoms with Gasteiger partial charge in [0.1, 0.15) is 0 Å². The summed E-state index contributed by atoms with van der Waals surface area (Å²) in [6.07, 6.45) is 6.33. The highest BCUT2D eigenvalue weighted by atomic mass is 16.4. The van der Waals surface area contributed by atoms with Crippen molar-refractivity contribution >= 4 is 5.97 Å². The van der Waals surface area contributed by atoms with E-state index in [0.717, 1.165) is 18.3 Å². The molecule has 2 N–H and O–H groups in total. The number of carboxylic acids is 1. The third kappa shape index (κ3) is 5.07. The third-order valence-corrected chi connectivity index (χ3v) is 6.29. The number of aromatic carboxylic acids is 1. The van der Waals surface area contributed by atoms with Crippen LogP contribution in [0.1, 0.15) is 70.2 Å². The van der Waals surface area contributed by atoms with Crippen molar-refractivity contribution in [3.8, 4) is 0 Å². The van der Waals surface area contributed by atoms with Gasteiger partial charge in [0, 0.05) is 0 Å². The number of hydrogen-bond donors (Lipinski definition) is 2. The molecule has 140 valence electrons. The van der Waals surface area contributed by atoms with Gasteiger partial charge in [-0.25, -0.2) is 4.79 Å². The molecule has 2 aliphatic rings. The monoisotopic (exact) mass is 346 g/mol. The first kappa shape index (κ1) is 20.0. The van der Waals surface area contributed by atoms with E-state index in [2.05, 4.69) is 27.7 Å². The molecule has 0 radical (unpaired) electrons. The van der Waals surface area contributed by atoms with E-state index < -0.39 is 5.97 Å². The van der Waals surface area contributed by atoms with Crippen LogP contribution in [0.2, 0.25) is 0 Å². The molecule has 3 nitrogen and oxygen atoms in total. The number of hydrogen-bond acceptors (Lipinski definition) is 2. The fraction of sp³-hybridized carbons (Fsp3) is 0.682. The van der Waals surface area contributed by atoms with Gasteiger partial charge in [0.15, 0.2) is 0 Å². The van der Waals surface area contributed by atoms with Gasteiger partial charge in [-0.2, -0.15) is 0 Å². The second kappa shape index (κ2) is 8.35. The number of aliphatic hydroxyl groups is 1. The van der Waals surface area contributed by atoms with Crippen molar-refractivity contribution in [2.45, 2.75) is 65.9 Å². The summed E-state index contributed by atoms with van der Waals surface area (Å²) in [7, 11) is 0. The van der Waals surface area contributed by atoms with Crippen LogP contribution in [-0.4, -0.2) is 22.3 Å². The Balaban J connectivity index is 0.000000212. The molecule has 0 aromatic heterocycles. The lowest BCUT2D eigenvalue weighted by molar-refractivity contribution is -0.118. The van der Waals surface area contributed by atoms with Gasteiger partial charge in [-0.3, -0.25) is 0 Å². The second-order valence-electron chi connectivity index (χ2n) is 8.87. The van der Waals surface area contributed by atoms with Gasteiger partial charge in [0.05, 0.1) is 11.7 Å². The van der Waals surface area contributed by atoms with E-state index in [9.17, 15) is 9.90 Å². The predicted molar refractivity (Wildman–Crippen MR) is 102 cm³/mol. The van der Waals surface area contributed by atoms with Crippen LogP contribution in [0.5, 0.6) is 0 Å². The van der Waals surface area contributed by atoms with Crippen molar-refractivity contribution in [2.75, 3.05) is 0 Å². The molecule has 1 aromatic rings. The molecule has 2 aliphatic carbocycles. The lowest BCUT2D eigenvalue weighted by atomic mass is 9.50. The van der Waals surface area contributed by atoms with Crippen molar-refractivity contribution < 1.29 is 15.0 Å². The molecule has 5 unspecified atom stereocenters. The summed E-state index contributed by atoms with van der Waals surface area (Å²) in [5, 5.41) is 18.8. The first-order chi connectivity index (χ1) is 11.7. The van der Waals surface area contributed by atoms with Gasteiger partial charge in [-0.1, -0.05) is 65.2 Å². The van der Waals surface area contributed by atoms with Crippen molar-refractivity contribution in [1.82, 2.24) is 0 Å². The van der Waals surface area contributed by atoms with Gasteiger partial charge >= 0.3 is 5.97 Å². The predicted octanol–water partition coefficient (Wildman–Crippen LogP) is 5.24. The zero-order valence-corrected chi connectivity index (χ0v) is 16.1. The van der Waals surface area contributed by atoms with Gasteiger partial charge < -0.3 is 10.2 Å². The first-order valence-electron chi connectivity index (χ1n) is 9.68. The highest BCUT2D eigenvalue weighted by Gasteiger charge is 2.52. The molecule has 0 aliphatic heterocycles. The molecule has 25 heavy (non-hydrogen) atoms. The average molecular weight is 347 g/mol. The Labute approximate surface area is 152 Å². The maximum absolute atomic E-state index is 10.5. The van der Waals surface area contributed by atoms with Gasteiger partial charge in [-0.05, 0) is 54.1 Å². The summed E-state index contributed by atoms with van der Waals surface area (Å²) >= 11 is 0. The number of aliphatic hydroxyl groups excluding tert-OH is 1. The normalized spacial score (nSPS) is 34.0. The SMILES string of the molecule is CC1CCCC(C)C2CC(C)(C)C2C(O)C1.O=C(O)c1ccccc1. The molecule has 5 atom stereocenters. The minimum absolute atomic E-state index is 0.0516. The first-order valence-corrected chi connectivity index (χ1v) is 9.68. The Morgan fingerprint density at radius 3 is 2.28 bits per heavy atom. The Morgan fingerprint density at radius 1 is 1.12 bits per heavy atom. The second-order valence-corrected chi connectivity index (χ2v) is 8.87. The number of carboxylic acid groups (broad SMARTS) is 1. The van der Waals surface area contributed by atoms with Crippen molar-refractivity contribution in [1.29, 1.82) is 0 Å². The lowest BCUT2D eigenvalue weighted by Crippen LogP contribution is -2.52. The van der Waals surface area contributed by atoms with Gasteiger partial charge in [0.25, 0.3) is 0 Å². The zero-order chi connectivity index (χ0) is 18.6. The standard InChI is InChI=1S/C15H28O.C7H6O2/c1-10-6-5-7-11(2)12-9-15(3,4)14(12)13(16)8-10;8-7(9)6-4-2-1-3-5-6/h10-14,16H,5-9H2,1-4H3;1-5H,(H,8,9). The molecule has 0 amide bonds. The third-order valence-electron chi connectivity index (χ3n) is 6.29. The average Bonchev–Trinajstić information content (AvgIpc) is 2.57. The van der Waals surface area contributed by atoms with Crippen molar-refractivity contribution in [3.05, 3.63) is 35.9 Å². The maximum atomic E-state index is 10.5.